The molecule has 0 saturated carbocycles. The molecule has 2 N–H and O–H groups in total. The van der Waals surface area contributed by atoms with Crippen molar-refractivity contribution in [2.45, 2.75) is 4.21 Å². The Morgan fingerprint density at radius 3 is 2.07 bits per heavy atom. The van der Waals surface area contributed by atoms with Crippen molar-refractivity contribution in [3.05, 3.63) is 42.2 Å². The van der Waals surface area contributed by atoms with Crippen LogP contribution in [0.3, 0.4) is 0 Å². The molecule has 2 rings (SSSR count). The van der Waals surface area contributed by atoms with Gasteiger partial charge >= 0.3 is 0 Å². The Morgan fingerprint density at radius 1 is 1.21 bits per heavy atom. The molecular weight excluding hydrogens is 222 g/mol. The Kier molecular flexibility index (Phi) is 3.87. The lowest BCUT2D eigenvalue weighted by atomic mass is 10.7. The molecule has 0 aliphatic heterocycles. The number of furan rings is 1. The maximum absolute atomic E-state index is 10.5. The maximum Gasteiger partial charge on any atom is 0.247 e. The SMILES string of the molecule is NS(=O)(=O)c1cccs1.c1ccoc1. The van der Waals surface area contributed by atoms with Gasteiger partial charge in [0.15, 0.2) is 0 Å². The fraction of sp³-hybridized carbons (Fsp3) is 0. The highest BCUT2D eigenvalue weighted by atomic mass is 32.2. The van der Waals surface area contributed by atoms with E-state index in [1.807, 2.05) is 12.1 Å². The van der Waals surface area contributed by atoms with Crippen LogP contribution in [-0.4, -0.2) is 8.42 Å². The minimum absolute atomic E-state index is 0.211. The lowest BCUT2D eigenvalue weighted by Crippen LogP contribution is -2.09. The first kappa shape index (κ1) is 11.0. The summed E-state index contributed by atoms with van der Waals surface area (Å²) in [5.74, 6) is 0. The maximum atomic E-state index is 10.5. The second-order valence-corrected chi connectivity index (χ2v) is 5.01. The number of primary sulfonamides is 1. The fourth-order valence-electron chi connectivity index (χ4n) is 0.652. The molecule has 2 aromatic heterocycles. The zero-order valence-corrected chi connectivity index (χ0v) is 8.79. The van der Waals surface area contributed by atoms with Crippen LogP contribution in [0.4, 0.5) is 0 Å². The van der Waals surface area contributed by atoms with Gasteiger partial charge in [-0.15, -0.1) is 11.3 Å². The summed E-state index contributed by atoms with van der Waals surface area (Å²) in [6.07, 6.45) is 3.25. The molecule has 0 aromatic carbocycles. The molecule has 0 radical (unpaired) electrons. The molecule has 0 spiro atoms. The van der Waals surface area contributed by atoms with Gasteiger partial charge in [-0.2, -0.15) is 0 Å². The highest BCUT2D eigenvalue weighted by Crippen LogP contribution is 2.12. The number of nitrogens with two attached hydrogens (primary N) is 1. The van der Waals surface area contributed by atoms with Gasteiger partial charge < -0.3 is 4.42 Å². The summed E-state index contributed by atoms with van der Waals surface area (Å²) in [4.78, 5) is 0. The first-order valence-electron chi connectivity index (χ1n) is 3.64. The normalized spacial score (nSPS) is 10.4. The van der Waals surface area contributed by atoms with E-state index < -0.39 is 10.0 Å². The van der Waals surface area contributed by atoms with Crippen molar-refractivity contribution in [1.82, 2.24) is 0 Å². The van der Waals surface area contributed by atoms with Crippen LogP contribution in [0.5, 0.6) is 0 Å². The van der Waals surface area contributed by atoms with Gasteiger partial charge in [-0.1, -0.05) is 6.07 Å². The van der Waals surface area contributed by atoms with E-state index in [0.29, 0.717) is 0 Å². The third kappa shape index (κ3) is 3.73. The van der Waals surface area contributed by atoms with Crippen molar-refractivity contribution in [2.24, 2.45) is 5.14 Å². The molecule has 2 heterocycles. The van der Waals surface area contributed by atoms with Crippen molar-refractivity contribution in [3.8, 4) is 0 Å². The van der Waals surface area contributed by atoms with Crippen LogP contribution >= 0.6 is 11.3 Å². The predicted molar refractivity (Wildman–Crippen MR) is 54.4 cm³/mol. The second-order valence-electron chi connectivity index (χ2n) is 2.27. The van der Waals surface area contributed by atoms with E-state index in [0.717, 1.165) is 11.3 Å². The predicted octanol–water partition coefficient (Wildman–Crippen LogP) is 1.68. The molecule has 76 valence electrons. The molecule has 0 aliphatic carbocycles. The van der Waals surface area contributed by atoms with Crippen molar-refractivity contribution in [3.63, 3.8) is 0 Å². The third-order valence-electron chi connectivity index (χ3n) is 1.20. The lowest BCUT2D eigenvalue weighted by molar-refractivity contribution is 0.567. The van der Waals surface area contributed by atoms with Crippen LogP contribution < -0.4 is 5.14 Å². The number of hydrogen-bond donors (Lipinski definition) is 1. The van der Waals surface area contributed by atoms with Crippen LogP contribution in [0.25, 0.3) is 0 Å². The third-order valence-corrected chi connectivity index (χ3v) is 3.55. The number of sulfonamides is 1. The molecule has 14 heavy (non-hydrogen) atoms. The van der Waals surface area contributed by atoms with E-state index in [1.165, 1.54) is 6.07 Å². The summed E-state index contributed by atoms with van der Waals surface area (Å²) in [5, 5.41) is 6.45. The van der Waals surface area contributed by atoms with Gasteiger partial charge in [0.25, 0.3) is 0 Å². The van der Waals surface area contributed by atoms with E-state index >= 15 is 0 Å². The van der Waals surface area contributed by atoms with Gasteiger partial charge in [0.2, 0.25) is 10.0 Å². The van der Waals surface area contributed by atoms with Crippen LogP contribution in [-0.2, 0) is 10.0 Å². The van der Waals surface area contributed by atoms with Gasteiger partial charge in [0, 0.05) is 0 Å². The van der Waals surface area contributed by atoms with Crippen molar-refractivity contribution >= 4 is 21.4 Å². The van der Waals surface area contributed by atoms with Crippen molar-refractivity contribution in [2.75, 3.05) is 0 Å². The molecule has 0 bridgehead atoms. The second kappa shape index (κ2) is 4.94. The minimum Gasteiger partial charge on any atom is -0.473 e. The Bertz CT molecular complexity index is 414. The highest BCUT2D eigenvalue weighted by molar-refractivity contribution is 7.91. The van der Waals surface area contributed by atoms with E-state index in [-0.39, 0.29) is 4.21 Å². The van der Waals surface area contributed by atoms with Crippen LogP contribution in [0.15, 0.2) is 50.8 Å². The average molecular weight is 231 g/mol. The van der Waals surface area contributed by atoms with Gasteiger partial charge in [0.05, 0.1) is 12.5 Å². The molecule has 0 saturated heterocycles. The number of thiophene rings is 1. The van der Waals surface area contributed by atoms with Gasteiger partial charge in [-0.05, 0) is 23.6 Å². The monoisotopic (exact) mass is 231 g/mol. The van der Waals surface area contributed by atoms with Crippen LogP contribution in [0.1, 0.15) is 0 Å². The fourth-order valence-corrected chi connectivity index (χ4v) is 2.07. The standard InChI is InChI=1S/C4H5NO2S2.C4H4O/c5-9(6,7)4-2-1-3-8-4;1-2-4-5-3-1/h1-3H,(H2,5,6,7);1-4H. The largest absolute Gasteiger partial charge is 0.473 e. The lowest BCUT2D eigenvalue weighted by Gasteiger charge is -1.86. The first-order chi connectivity index (χ1) is 6.61. The zero-order valence-electron chi connectivity index (χ0n) is 7.16. The molecule has 0 aliphatic rings. The molecule has 0 unspecified atom stereocenters. The smallest absolute Gasteiger partial charge is 0.247 e. The molecule has 0 amide bonds. The van der Waals surface area contributed by atoms with E-state index in [4.69, 9.17) is 5.14 Å². The highest BCUT2D eigenvalue weighted by Gasteiger charge is 2.06. The average Bonchev–Trinajstić information content (AvgIpc) is 2.80. The summed E-state index contributed by atoms with van der Waals surface area (Å²) in [6.45, 7) is 0. The summed E-state index contributed by atoms with van der Waals surface area (Å²) in [7, 11) is -3.44. The van der Waals surface area contributed by atoms with Crippen molar-refractivity contribution in [1.29, 1.82) is 0 Å². The van der Waals surface area contributed by atoms with Gasteiger partial charge in [0.1, 0.15) is 4.21 Å². The van der Waals surface area contributed by atoms with E-state index in [9.17, 15) is 8.42 Å². The molecular formula is C8H9NO3S2. The number of hydrogen-bond acceptors (Lipinski definition) is 4. The molecule has 4 nitrogen and oxygen atoms in total. The summed E-state index contributed by atoms with van der Waals surface area (Å²) >= 11 is 1.12. The Hall–Kier alpha value is -1.11. The Labute approximate surface area is 86.0 Å². The van der Waals surface area contributed by atoms with Crippen LogP contribution in [0, 0.1) is 0 Å². The molecule has 2 aromatic rings. The quantitative estimate of drug-likeness (QED) is 0.811. The zero-order chi connectivity index (χ0) is 10.4. The van der Waals surface area contributed by atoms with E-state index in [2.05, 4.69) is 4.42 Å². The summed E-state index contributed by atoms with van der Waals surface area (Å²) in [6, 6.07) is 6.78. The summed E-state index contributed by atoms with van der Waals surface area (Å²) in [5.41, 5.74) is 0. The van der Waals surface area contributed by atoms with E-state index in [1.54, 1.807) is 24.0 Å². The molecule has 0 atom stereocenters. The number of rotatable bonds is 1. The topological polar surface area (TPSA) is 73.3 Å². The first-order valence-corrected chi connectivity index (χ1v) is 6.07. The van der Waals surface area contributed by atoms with Gasteiger partial charge in [-0.3, -0.25) is 0 Å². The van der Waals surface area contributed by atoms with Crippen LogP contribution in [0.2, 0.25) is 0 Å². The molecule has 6 heteroatoms. The Morgan fingerprint density at radius 2 is 1.86 bits per heavy atom. The van der Waals surface area contributed by atoms with Gasteiger partial charge in [-0.25, -0.2) is 13.6 Å². The summed E-state index contributed by atoms with van der Waals surface area (Å²) < 4.78 is 25.8. The Balaban J connectivity index is 0.000000165. The minimum atomic E-state index is -3.44. The molecule has 0 fully saturated rings. The van der Waals surface area contributed by atoms with Crippen molar-refractivity contribution < 1.29 is 12.8 Å².